The molecule has 4 aliphatic carbocycles. The van der Waals surface area contributed by atoms with Crippen molar-refractivity contribution in [3.05, 3.63) is 11.6 Å². The van der Waals surface area contributed by atoms with Gasteiger partial charge in [-0.2, -0.15) is 0 Å². The number of esters is 2. The zero-order chi connectivity index (χ0) is 26.8. The van der Waals surface area contributed by atoms with Gasteiger partial charge >= 0.3 is 11.9 Å². The molecule has 0 heterocycles. The summed E-state index contributed by atoms with van der Waals surface area (Å²) in [6, 6.07) is 0. The summed E-state index contributed by atoms with van der Waals surface area (Å²) >= 11 is 7.07. The lowest BCUT2D eigenvalue weighted by Crippen LogP contribution is -2.66. The van der Waals surface area contributed by atoms with Gasteiger partial charge in [-0.05, 0) is 54.9 Å². The van der Waals surface area contributed by atoms with Gasteiger partial charge in [-0.15, -0.1) is 11.6 Å². The normalized spacial score (nSPS) is 43.7. The Morgan fingerprint density at radius 3 is 2.53 bits per heavy atom. The fraction of sp³-hybridized carbons (Fsp3) is 0.786. The van der Waals surface area contributed by atoms with Crippen LogP contribution in [-0.2, 0) is 28.7 Å². The van der Waals surface area contributed by atoms with E-state index in [1.807, 2.05) is 13.8 Å². The Balaban J connectivity index is 1.81. The second-order valence-corrected chi connectivity index (χ2v) is 12.9. The molecule has 9 atom stereocenters. The molecule has 4 aliphatic rings. The summed E-state index contributed by atoms with van der Waals surface area (Å²) in [4.78, 5) is 50.6. The Labute approximate surface area is 218 Å². The molecule has 7 nitrogen and oxygen atoms in total. The second-order valence-electron chi connectivity index (χ2n) is 12.3. The van der Waals surface area contributed by atoms with Crippen LogP contribution in [0.4, 0.5) is 0 Å². The van der Waals surface area contributed by atoms with Crippen molar-refractivity contribution in [2.75, 3.05) is 6.61 Å². The fourth-order valence-electron chi connectivity index (χ4n) is 8.34. The van der Waals surface area contributed by atoms with Crippen LogP contribution in [0, 0.1) is 40.4 Å². The van der Waals surface area contributed by atoms with Crippen LogP contribution >= 0.6 is 11.6 Å². The molecule has 1 N–H and O–H groups in total. The first-order chi connectivity index (χ1) is 16.7. The number of rotatable bonds is 5. The summed E-state index contributed by atoms with van der Waals surface area (Å²) in [5.41, 5.74) is -1.78. The van der Waals surface area contributed by atoms with Crippen LogP contribution in [0.1, 0.15) is 73.6 Å². The highest BCUT2D eigenvalue weighted by atomic mass is 35.5. The molecule has 3 saturated carbocycles. The lowest BCUT2D eigenvalue weighted by Gasteiger charge is -2.62. The number of alkyl halides is 1. The third kappa shape index (κ3) is 3.87. The number of fused-ring (bicyclic) bond motifs is 5. The van der Waals surface area contributed by atoms with Crippen LogP contribution < -0.4 is 0 Å². The van der Waals surface area contributed by atoms with Crippen LogP contribution in [0.3, 0.4) is 0 Å². The van der Waals surface area contributed by atoms with Crippen molar-refractivity contribution in [2.45, 2.75) is 90.7 Å². The van der Waals surface area contributed by atoms with Gasteiger partial charge in [0.15, 0.2) is 18.0 Å². The number of carbonyl (C=O) groups is 4. The molecule has 0 bridgehead atoms. The number of ketones is 2. The summed E-state index contributed by atoms with van der Waals surface area (Å²) in [6.07, 6.45) is 3.43. The highest BCUT2D eigenvalue weighted by Gasteiger charge is 2.74. The third-order valence-corrected chi connectivity index (χ3v) is 10.4. The van der Waals surface area contributed by atoms with Crippen molar-refractivity contribution in [1.29, 1.82) is 0 Å². The van der Waals surface area contributed by atoms with E-state index in [0.29, 0.717) is 25.7 Å². The van der Waals surface area contributed by atoms with E-state index in [1.165, 1.54) is 6.92 Å². The van der Waals surface area contributed by atoms with E-state index in [0.717, 1.165) is 5.57 Å². The number of hydrogen-bond donors (Lipinski definition) is 1. The Kier molecular flexibility index (Phi) is 7.00. The second kappa shape index (κ2) is 9.23. The number of halogens is 1. The molecule has 200 valence electrons. The Morgan fingerprint density at radius 2 is 1.92 bits per heavy atom. The van der Waals surface area contributed by atoms with Crippen LogP contribution in [0.2, 0.25) is 0 Å². The zero-order valence-corrected chi connectivity index (χ0v) is 22.9. The molecule has 36 heavy (non-hydrogen) atoms. The number of hydrogen-bond acceptors (Lipinski definition) is 7. The van der Waals surface area contributed by atoms with Gasteiger partial charge in [0.1, 0.15) is 0 Å². The Bertz CT molecular complexity index is 1000. The van der Waals surface area contributed by atoms with Crippen molar-refractivity contribution >= 4 is 35.1 Å². The summed E-state index contributed by atoms with van der Waals surface area (Å²) in [5, 5.41) is 11.4. The predicted molar refractivity (Wildman–Crippen MR) is 133 cm³/mol. The molecule has 0 aromatic rings. The highest BCUT2D eigenvalue weighted by molar-refractivity contribution is 6.21. The minimum Gasteiger partial charge on any atom is -0.458 e. The van der Waals surface area contributed by atoms with Crippen molar-refractivity contribution < 1.29 is 33.8 Å². The Hall–Kier alpha value is -1.73. The minimum atomic E-state index is -1.55. The lowest BCUT2D eigenvalue weighted by molar-refractivity contribution is -0.209. The molecular weight excluding hydrogens is 484 g/mol. The maximum absolute atomic E-state index is 13.9. The van der Waals surface area contributed by atoms with E-state index >= 15 is 0 Å². The van der Waals surface area contributed by atoms with Gasteiger partial charge < -0.3 is 14.6 Å². The van der Waals surface area contributed by atoms with E-state index in [1.54, 1.807) is 19.9 Å². The molecule has 0 aromatic heterocycles. The molecule has 0 spiro atoms. The van der Waals surface area contributed by atoms with Crippen LogP contribution in [0.25, 0.3) is 0 Å². The number of carbonyl (C=O) groups excluding carboxylic acids is 4. The first kappa shape index (κ1) is 27.3. The molecule has 4 rings (SSSR count). The van der Waals surface area contributed by atoms with Gasteiger partial charge in [0, 0.05) is 30.1 Å². The number of allylic oxidation sites excluding steroid dienone is 1. The summed E-state index contributed by atoms with van der Waals surface area (Å²) in [7, 11) is 0. The van der Waals surface area contributed by atoms with E-state index in [2.05, 4.69) is 6.92 Å². The molecule has 0 amide bonds. The number of aliphatic hydroxyl groups is 1. The van der Waals surface area contributed by atoms with Crippen molar-refractivity contribution in [3.63, 3.8) is 0 Å². The van der Waals surface area contributed by atoms with Gasteiger partial charge in [0.25, 0.3) is 0 Å². The first-order valence-electron chi connectivity index (χ1n) is 13.1. The number of aliphatic hydroxyl groups excluding tert-OH is 1. The monoisotopic (exact) mass is 522 g/mol. The molecular formula is C28H39ClO7. The molecule has 8 heteroatoms. The van der Waals surface area contributed by atoms with Crippen LogP contribution in [0.15, 0.2) is 11.6 Å². The third-order valence-electron chi connectivity index (χ3n) is 9.98. The fourth-order valence-corrected chi connectivity index (χ4v) is 8.84. The maximum atomic E-state index is 13.9. The van der Waals surface area contributed by atoms with Gasteiger partial charge in [0.05, 0.1) is 12.0 Å². The minimum absolute atomic E-state index is 0.0966. The van der Waals surface area contributed by atoms with Crippen molar-refractivity contribution in [1.82, 2.24) is 0 Å². The molecule has 0 radical (unpaired) electrons. The highest BCUT2D eigenvalue weighted by Crippen LogP contribution is 2.70. The van der Waals surface area contributed by atoms with E-state index < -0.39 is 47.4 Å². The summed E-state index contributed by atoms with van der Waals surface area (Å²) in [6.45, 7) is 10.1. The quantitative estimate of drug-likeness (QED) is 0.429. The average molecular weight is 523 g/mol. The molecule has 3 fully saturated rings. The van der Waals surface area contributed by atoms with Gasteiger partial charge in [-0.25, -0.2) is 0 Å². The average Bonchev–Trinajstić information content (AvgIpc) is 2.99. The van der Waals surface area contributed by atoms with E-state index in [4.69, 9.17) is 21.1 Å². The molecule has 0 saturated heterocycles. The summed E-state index contributed by atoms with van der Waals surface area (Å²) in [5.74, 6) is -2.63. The van der Waals surface area contributed by atoms with Crippen LogP contribution in [-0.4, -0.2) is 52.3 Å². The zero-order valence-electron chi connectivity index (χ0n) is 22.1. The molecule has 0 aliphatic heterocycles. The largest absolute Gasteiger partial charge is 0.458 e. The summed E-state index contributed by atoms with van der Waals surface area (Å²) < 4.78 is 11.3. The number of Topliss-reactive ketones (excluding diaryl/α,β-unsaturated/α-hetero) is 1. The molecule has 0 aromatic carbocycles. The van der Waals surface area contributed by atoms with E-state index in [9.17, 15) is 24.3 Å². The lowest BCUT2D eigenvalue weighted by atomic mass is 9.45. The number of ether oxygens (including phenoxy) is 2. The Morgan fingerprint density at radius 1 is 1.25 bits per heavy atom. The van der Waals surface area contributed by atoms with Crippen LogP contribution in [0.5, 0.6) is 0 Å². The topological polar surface area (TPSA) is 107 Å². The van der Waals surface area contributed by atoms with E-state index in [-0.39, 0.29) is 46.7 Å². The van der Waals surface area contributed by atoms with Gasteiger partial charge in [0.2, 0.25) is 5.78 Å². The van der Waals surface area contributed by atoms with Gasteiger partial charge in [-0.1, -0.05) is 40.2 Å². The SMILES string of the molecule is CC(=O)OCC(=O)[C@]1(OC(=O)C(C)C)[C@H](C)C[C@H]2[C@H]3[C@H]([C@@H](O)C[C@@]21C)[C@@]1(C)CCC(=O)C=C1C[C@H]3Cl. The van der Waals surface area contributed by atoms with Crippen molar-refractivity contribution in [3.8, 4) is 0 Å². The molecule has 0 unspecified atom stereocenters. The standard InChI is InChI=1S/C28H39ClO7/c1-14(2)25(34)36-28(22(33)13-35-16(4)30)15(3)9-19-23-20(29)11-17-10-18(31)7-8-26(17,5)24(23)21(32)12-27(19,28)6/h10,14-15,19-21,23-24,32H,7-9,11-13H2,1-6H3/t15-,19+,20-,21+,23-,24+,26+,27+,28-/m1/s1. The maximum Gasteiger partial charge on any atom is 0.309 e. The van der Waals surface area contributed by atoms with Crippen molar-refractivity contribution in [2.24, 2.45) is 40.4 Å². The first-order valence-corrected chi connectivity index (χ1v) is 13.6. The predicted octanol–water partition coefficient (Wildman–Crippen LogP) is 4.02. The smallest absolute Gasteiger partial charge is 0.309 e. The van der Waals surface area contributed by atoms with Gasteiger partial charge in [-0.3, -0.25) is 19.2 Å².